The van der Waals surface area contributed by atoms with Crippen molar-refractivity contribution in [3.63, 3.8) is 0 Å². The Morgan fingerprint density at radius 2 is 2.16 bits per heavy atom. The molecule has 0 spiro atoms. The van der Waals surface area contributed by atoms with Gasteiger partial charge in [-0.25, -0.2) is 0 Å². The van der Waals surface area contributed by atoms with Gasteiger partial charge in [0.25, 0.3) is 5.91 Å². The highest BCUT2D eigenvalue weighted by Gasteiger charge is 2.28. The van der Waals surface area contributed by atoms with Crippen LogP contribution in [0.25, 0.3) is 0 Å². The summed E-state index contributed by atoms with van der Waals surface area (Å²) in [6.45, 7) is 0.604. The van der Waals surface area contributed by atoms with Crippen LogP contribution < -0.4 is 11.1 Å². The van der Waals surface area contributed by atoms with Gasteiger partial charge in [-0.2, -0.15) is 0 Å². The Kier molecular flexibility index (Phi) is 4.48. The van der Waals surface area contributed by atoms with E-state index >= 15 is 0 Å². The van der Waals surface area contributed by atoms with Crippen LogP contribution in [0.3, 0.4) is 0 Å². The number of fused-ring (bicyclic) bond motifs is 1. The molecule has 2 aliphatic rings. The van der Waals surface area contributed by atoms with E-state index in [9.17, 15) is 4.79 Å². The standard InChI is InChI=1S/C15H20N2O.ClH/c16-14(11-7-8-11)9-17-15(18)13-6-2-4-10-3-1-5-12(10)13;/h2,4,6,11,14H,1,3,5,7-9,16H2,(H,17,18);1H. The molecule has 0 aromatic heterocycles. The van der Waals surface area contributed by atoms with E-state index in [4.69, 9.17) is 5.73 Å². The number of hydrogen-bond donors (Lipinski definition) is 2. The average Bonchev–Trinajstić information content (AvgIpc) is 3.12. The predicted molar refractivity (Wildman–Crippen MR) is 78.7 cm³/mol. The zero-order chi connectivity index (χ0) is 12.5. The largest absolute Gasteiger partial charge is 0.350 e. The Hall–Kier alpha value is -1.06. The molecule has 0 heterocycles. The number of carbonyl (C=O) groups is 1. The van der Waals surface area contributed by atoms with Crippen molar-refractivity contribution in [2.45, 2.75) is 38.1 Å². The highest BCUT2D eigenvalue weighted by atomic mass is 35.5. The fourth-order valence-corrected chi connectivity index (χ4v) is 2.83. The van der Waals surface area contributed by atoms with Crippen LogP contribution in [-0.4, -0.2) is 18.5 Å². The second kappa shape index (κ2) is 5.93. The number of aryl methyl sites for hydroxylation is 1. The van der Waals surface area contributed by atoms with Gasteiger partial charge < -0.3 is 11.1 Å². The maximum absolute atomic E-state index is 12.2. The van der Waals surface area contributed by atoms with Gasteiger partial charge in [0.15, 0.2) is 0 Å². The van der Waals surface area contributed by atoms with Crippen molar-refractivity contribution in [3.8, 4) is 0 Å². The molecule has 1 unspecified atom stereocenters. The SMILES string of the molecule is Cl.NC(CNC(=O)c1cccc2c1CCC2)C1CC1. The Morgan fingerprint density at radius 3 is 2.89 bits per heavy atom. The third-order valence-corrected chi connectivity index (χ3v) is 4.12. The van der Waals surface area contributed by atoms with Gasteiger partial charge in [-0.3, -0.25) is 4.79 Å². The molecule has 104 valence electrons. The molecule has 1 saturated carbocycles. The summed E-state index contributed by atoms with van der Waals surface area (Å²) in [6.07, 6.45) is 5.75. The van der Waals surface area contributed by atoms with E-state index in [0.717, 1.165) is 18.4 Å². The van der Waals surface area contributed by atoms with E-state index < -0.39 is 0 Å². The fourth-order valence-electron chi connectivity index (χ4n) is 2.83. The summed E-state index contributed by atoms with van der Waals surface area (Å²) in [5.74, 6) is 0.677. The number of hydrogen-bond acceptors (Lipinski definition) is 2. The number of nitrogens with two attached hydrogens (primary N) is 1. The van der Waals surface area contributed by atoms with Gasteiger partial charge in [-0.15, -0.1) is 12.4 Å². The maximum atomic E-state index is 12.2. The molecule has 2 aliphatic carbocycles. The lowest BCUT2D eigenvalue weighted by Gasteiger charge is -2.13. The van der Waals surface area contributed by atoms with E-state index in [1.54, 1.807) is 0 Å². The molecule has 1 aromatic carbocycles. The zero-order valence-electron chi connectivity index (χ0n) is 11.0. The first-order valence-corrected chi connectivity index (χ1v) is 6.90. The van der Waals surface area contributed by atoms with Crippen LogP contribution in [0.5, 0.6) is 0 Å². The molecule has 1 amide bonds. The van der Waals surface area contributed by atoms with Gasteiger partial charge in [0.2, 0.25) is 0 Å². The van der Waals surface area contributed by atoms with E-state index in [0.29, 0.717) is 12.5 Å². The molecular formula is C15H21ClN2O. The Balaban J connectivity index is 0.00000133. The molecular weight excluding hydrogens is 260 g/mol. The lowest BCUT2D eigenvalue weighted by molar-refractivity contribution is 0.0949. The van der Waals surface area contributed by atoms with Crippen molar-refractivity contribution in [2.24, 2.45) is 11.7 Å². The molecule has 0 radical (unpaired) electrons. The maximum Gasteiger partial charge on any atom is 0.251 e. The van der Waals surface area contributed by atoms with Gasteiger partial charge in [0.1, 0.15) is 0 Å². The quantitative estimate of drug-likeness (QED) is 0.887. The van der Waals surface area contributed by atoms with E-state index in [-0.39, 0.29) is 24.4 Å². The van der Waals surface area contributed by atoms with Crippen molar-refractivity contribution < 1.29 is 4.79 Å². The number of benzene rings is 1. The van der Waals surface area contributed by atoms with Crippen molar-refractivity contribution in [1.82, 2.24) is 5.32 Å². The first-order chi connectivity index (χ1) is 8.75. The third-order valence-electron chi connectivity index (χ3n) is 4.12. The lowest BCUT2D eigenvalue weighted by Crippen LogP contribution is -2.38. The topological polar surface area (TPSA) is 55.1 Å². The average molecular weight is 281 g/mol. The summed E-state index contributed by atoms with van der Waals surface area (Å²) in [7, 11) is 0. The summed E-state index contributed by atoms with van der Waals surface area (Å²) in [5.41, 5.74) is 9.45. The van der Waals surface area contributed by atoms with Gasteiger partial charge in [-0.1, -0.05) is 12.1 Å². The van der Waals surface area contributed by atoms with Crippen molar-refractivity contribution in [1.29, 1.82) is 0 Å². The molecule has 3 N–H and O–H groups in total. The van der Waals surface area contributed by atoms with E-state index in [1.165, 1.54) is 30.4 Å². The van der Waals surface area contributed by atoms with Gasteiger partial charge in [0, 0.05) is 18.2 Å². The van der Waals surface area contributed by atoms with Crippen LogP contribution in [0.4, 0.5) is 0 Å². The Labute approximate surface area is 120 Å². The molecule has 0 bridgehead atoms. The Bertz CT molecular complexity index is 471. The van der Waals surface area contributed by atoms with Crippen LogP contribution >= 0.6 is 12.4 Å². The van der Waals surface area contributed by atoms with Crippen LogP contribution in [0.15, 0.2) is 18.2 Å². The smallest absolute Gasteiger partial charge is 0.251 e. The van der Waals surface area contributed by atoms with Crippen LogP contribution in [-0.2, 0) is 12.8 Å². The number of nitrogens with one attached hydrogen (secondary N) is 1. The molecule has 3 nitrogen and oxygen atoms in total. The van der Waals surface area contributed by atoms with Gasteiger partial charge in [0.05, 0.1) is 0 Å². The number of rotatable bonds is 4. The monoisotopic (exact) mass is 280 g/mol. The van der Waals surface area contributed by atoms with Gasteiger partial charge in [-0.05, 0) is 55.2 Å². The van der Waals surface area contributed by atoms with Crippen LogP contribution in [0.2, 0.25) is 0 Å². The summed E-state index contributed by atoms with van der Waals surface area (Å²) < 4.78 is 0. The summed E-state index contributed by atoms with van der Waals surface area (Å²) in [4.78, 5) is 12.2. The summed E-state index contributed by atoms with van der Waals surface area (Å²) >= 11 is 0. The van der Waals surface area contributed by atoms with Crippen LogP contribution in [0.1, 0.15) is 40.7 Å². The predicted octanol–water partition coefficient (Wildman–Crippen LogP) is 2.06. The Morgan fingerprint density at radius 1 is 1.37 bits per heavy atom. The molecule has 0 saturated heterocycles. The zero-order valence-corrected chi connectivity index (χ0v) is 11.8. The van der Waals surface area contributed by atoms with Gasteiger partial charge >= 0.3 is 0 Å². The molecule has 1 atom stereocenters. The molecule has 1 aromatic rings. The first-order valence-electron chi connectivity index (χ1n) is 6.90. The van der Waals surface area contributed by atoms with Crippen molar-refractivity contribution in [2.75, 3.05) is 6.54 Å². The molecule has 4 heteroatoms. The minimum atomic E-state index is 0. The minimum absolute atomic E-state index is 0. The molecule has 1 fully saturated rings. The fraction of sp³-hybridized carbons (Fsp3) is 0.533. The van der Waals surface area contributed by atoms with Crippen LogP contribution in [0, 0.1) is 5.92 Å². The molecule has 19 heavy (non-hydrogen) atoms. The highest BCUT2D eigenvalue weighted by Crippen LogP contribution is 2.31. The highest BCUT2D eigenvalue weighted by molar-refractivity contribution is 5.96. The molecule has 3 rings (SSSR count). The first kappa shape index (κ1) is 14.4. The number of amides is 1. The van der Waals surface area contributed by atoms with E-state index in [1.807, 2.05) is 12.1 Å². The lowest BCUT2D eigenvalue weighted by atomic mass is 10.0. The minimum Gasteiger partial charge on any atom is -0.350 e. The second-order valence-electron chi connectivity index (χ2n) is 5.51. The molecule has 0 aliphatic heterocycles. The number of halogens is 1. The second-order valence-corrected chi connectivity index (χ2v) is 5.51. The normalized spacial score (nSPS) is 18.4. The van der Waals surface area contributed by atoms with E-state index in [2.05, 4.69) is 11.4 Å². The van der Waals surface area contributed by atoms with Crippen molar-refractivity contribution >= 4 is 18.3 Å². The van der Waals surface area contributed by atoms with Crippen molar-refractivity contribution in [3.05, 3.63) is 34.9 Å². The number of carbonyl (C=O) groups excluding carboxylic acids is 1. The third kappa shape index (κ3) is 3.10. The summed E-state index contributed by atoms with van der Waals surface area (Å²) in [6, 6.07) is 6.18. The summed E-state index contributed by atoms with van der Waals surface area (Å²) in [5, 5.41) is 2.99.